The SMILES string of the molecule is CC(C)C[C@@]1(CC(=O)NO)CC[N@+](CC(=O)Nc2ccccc2)(C2CCCCC2)C1=O. The number of nitrogens with one attached hydrogen (secondary N) is 2. The van der Waals surface area contributed by atoms with Crippen LogP contribution in [-0.2, 0) is 14.4 Å². The number of carbonyl (C=O) groups is 3. The summed E-state index contributed by atoms with van der Waals surface area (Å²) in [7, 11) is 0. The lowest BCUT2D eigenvalue weighted by Gasteiger charge is -2.42. The lowest BCUT2D eigenvalue weighted by Crippen LogP contribution is -2.62. The first-order valence-corrected chi connectivity index (χ1v) is 11.5. The van der Waals surface area contributed by atoms with Gasteiger partial charge in [-0.2, -0.15) is 0 Å². The van der Waals surface area contributed by atoms with E-state index in [9.17, 15) is 14.4 Å². The monoisotopic (exact) mass is 430 g/mol. The number of anilines is 1. The molecular formula is C24H36N3O4+. The Balaban J connectivity index is 1.91. The summed E-state index contributed by atoms with van der Waals surface area (Å²) in [6, 6.07) is 9.40. The van der Waals surface area contributed by atoms with Gasteiger partial charge in [-0.1, -0.05) is 38.5 Å². The second-order valence-electron chi connectivity index (χ2n) is 9.77. The molecule has 170 valence electrons. The predicted octanol–water partition coefficient (Wildman–Crippen LogP) is 3.63. The molecule has 2 atom stereocenters. The number of hydrogen-bond donors (Lipinski definition) is 3. The van der Waals surface area contributed by atoms with Crippen LogP contribution >= 0.6 is 0 Å². The summed E-state index contributed by atoms with van der Waals surface area (Å²) < 4.78 is 0.129. The predicted molar refractivity (Wildman–Crippen MR) is 118 cm³/mol. The van der Waals surface area contributed by atoms with Crippen molar-refractivity contribution < 1.29 is 24.1 Å². The molecule has 3 rings (SSSR count). The number of para-hydroxylation sites is 1. The van der Waals surface area contributed by atoms with Crippen LogP contribution in [0.15, 0.2) is 30.3 Å². The van der Waals surface area contributed by atoms with Gasteiger partial charge in [0.25, 0.3) is 5.91 Å². The van der Waals surface area contributed by atoms with Crippen LogP contribution in [0.25, 0.3) is 0 Å². The van der Waals surface area contributed by atoms with Crippen LogP contribution in [0.2, 0.25) is 0 Å². The Labute approximate surface area is 184 Å². The summed E-state index contributed by atoms with van der Waals surface area (Å²) in [6.07, 6.45) is 6.24. The third-order valence-electron chi connectivity index (χ3n) is 7.03. The van der Waals surface area contributed by atoms with Crippen LogP contribution in [0.3, 0.4) is 0 Å². The van der Waals surface area contributed by atoms with Crippen molar-refractivity contribution in [3.8, 4) is 0 Å². The van der Waals surface area contributed by atoms with Crippen LogP contribution in [0.1, 0.15) is 65.2 Å². The molecule has 3 amide bonds. The molecule has 0 aromatic heterocycles. The standard InChI is InChI=1S/C24H35N3O4/c1-18(2)15-24(16-21(28)26-31)13-14-27(23(24)30,20-11-7-4-8-12-20)17-22(29)25-19-9-5-3-6-10-19/h3,5-6,9-10,18,20H,4,7-8,11-17H2,1-2H3,(H2-,25,26,28,29,31)/p+1/t24-,27+/m1/s1. The minimum absolute atomic E-state index is 0.0000818. The van der Waals surface area contributed by atoms with Gasteiger partial charge >= 0.3 is 5.91 Å². The lowest BCUT2D eigenvalue weighted by atomic mass is 9.75. The molecule has 0 spiro atoms. The quantitative estimate of drug-likeness (QED) is 0.333. The molecule has 1 aromatic carbocycles. The zero-order valence-corrected chi connectivity index (χ0v) is 18.7. The molecule has 0 unspecified atom stereocenters. The van der Waals surface area contributed by atoms with Gasteiger partial charge in [-0.15, -0.1) is 0 Å². The Morgan fingerprint density at radius 2 is 1.81 bits per heavy atom. The molecule has 1 aliphatic heterocycles. The maximum atomic E-state index is 14.2. The van der Waals surface area contributed by atoms with Gasteiger partial charge in [-0.05, 0) is 50.2 Å². The summed E-state index contributed by atoms with van der Waals surface area (Å²) in [5.74, 6) is -0.483. The van der Waals surface area contributed by atoms with Gasteiger partial charge < -0.3 is 5.32 Å². The number of nitrogens with zero attached hydrogens (tertiary/aromatic N) is 1. The van der Waals surface area contributed by atoms with E-state index in [1.165, 1.54) is 0 Å². The van der Waals surface area contributed by atoms with Crippen molar-refractivity contribution in [1.82, 2.24) is 5.48 Å². The summed E-state index contributed by atoms with van der Waals surface area (Å²) in [4.78, 5) is 39.4. The average Bonchev–Trinajstić information content (AvgIpc) is 3.01. The van der Waals surface area contributed by atoms with Gasteiger partial charge in [0.2, 0.25) is 5.91 Å². The van der Waals surface area contributed by atoms with Crippen LogP contribution in [0, 0.1) is 11.3 Å². The highest BCUT2D eigenvalue weighted by molar-refractivity contribution is 5.94. The summed E-state index contributed by atoms with van der Waals surface area (Å²) in [5.41, 5.74) is 1.59. The Kier molecular flexibility index (Phi) is 7.49. The first-order valence-electron chi connectivity index (χ1n) is 11.5. The third kappa shape index (κ3) is 5.15. The average molecular weight is 431 g/mol. The lowest BCUT2D eigenvalue weighted by molar-refractivity contribution is -0.866. The molecule has 2 fully saturated rings. The normalized spacial score (nSPS) is 26.8. The minimum Gasteiger partial charge on any atom is -0.321 e. The van der Waals surface area contributed by atoms with Crippen molar-refractivity contribution in [2.45, 2.75) is 71.3 Å². The zero-order valence-electron chi connectivity index (χ0n) is 18.7. The molecular weight excluding hydrogens is 394 g/mol. The Morgan fingerprint density at radius 3 is 2.42 bits per heavy atom. The van der Waals surface area contributed by atoms with E-state index in [0.29, 0.717) is 25.1 Å². The number of hydroxylamine groups is 1. The molecule has 7 nitrogen and oxygen atoms in total. The van der Waals surface area contributed by atoms with Crippen molar-refractivity contribution in [2.75, 3.05) is 18.4 Å². The largest absolute Gasteiger partial charge is 0.321 e. The number of hydrogen-bond acceptors (Lipinski definition) is 4. The molecule has 3 N–H and O–H groups in total. The zero-order chi connectivity index (χ0) is 22.5. The maximum Gasteiger partial charge on any atom is 0.321 e. The Bertz CT molecular complexity index is 791. The number of rotatable bonds is 8. The number of amides is 3. The molecule has 1 aliphatic carbocycles. The van der Waals surface area contributed by atoms with Gasteiger partial charge in [-0.25, -0.2) is 14.8 Å². The Hall–Kier alpha value is -2.25. The topological polar surface area (TPSA) is 95.5 Å². The van der Waals surface area contributed by atoms with Crippen molar-refractivity contribution in [3.63, 3.8) is 0 Å². The fourth-order valence-electron chi connectivity index (χ4n) is 5.83. The Morgan fingerprint density at radius 1 is 1.13 bits per heavy atom. The smallest absolute Gasteiger partial charge is 0.321 e. The van der Waals surface area contributed by atoms with Crippen LogP contribution in [0.4, 0.5) is 5.69 Å². The maximum absolute atomic E-state index is 14.2. The fraction of sp³-hybridized carbons (Fsp3) is 0.625. The molecule has 0 radical (unpaired) electrons. The summed E-state index contributed by atoms with van der Waals surface area (Å²) in [6.45, 7) is 4.75. The first kappa shape index (κ1) is 23.4. The van der Waals surface area contributed by atoms with Gasteiger partial charge in [0.1, 0.15) is 0 Å². The van der Waals surface area contributed by atoms with Crippen molar-refractivity contribution in [3.05, 3.63) is 30.3 Å². The second kappa shape index (κ2) is 9.92. The van der Waals surface area contributed by atoms with E-state index in [2.05, 4.69) is 5.32 Å². The van der Waals surface area contributed by atoms with Crippen LogP contribution in [0.5, 0.6) is 0 Å². The minimum atomic E-state index is -0.842. The van der Waals surface area contributed by atoms with Crippen molar-refractivity contribution in [2.24, 2.45) is 11.3 Å². The first-order chi connectivity index (χ1) is 14.8. The molecule has 0 bridgehead atoms. The highest BCUT2D eigenvalue weighted by atomic mass is 16.5. The number of quaternary nitrogens is 1. The second-order valence-corrected chi connectivity index (χ2v) is 9.77. The van der Waals surface area contributed by atoms with Gasteiger partial charge in [-0.3, -0.25) is 14.8 Å². The molecule has 7 heteroatoms. The molecule has 1 aromatic rings. The van der Waals surface area contributed by atoms with Crippen LogP contribution in [-0.4, -0.2) is 46.5 Å². The highest BCUT2D eigenvalue weighted by Gasteiger charge is 2.62. The summed E-state index contributed by atoms with van der Waals surface area (Å²) >= 11 is 0. The van der Waals surface area contributed by atoms with E-state index >= 15 is 0 Å². The van der Waals surface area contributed by atoms with Crippen molar-refractivity contribution in [1.29, 1.82) is 0 Å². The molecule has 31 heavy (non-hydrogen) atoms. The number of likely N-dealkylation sites (tertiary alicyclic amines) is 1. The van der Waals surface area contributed by atoms with Gasteiger partial charge in [0, 0.05) is 18.5 Å². The van der Waals surface area contributed by atoms with Gasteiger partial charge in [0.15, 0.2) is 6.54 Å². The molecule has 2 aliphatic rings. The highest BCUT2D eigenvalue weighted by Crippen LogP contribution is 2.47. The van der Waals surface area contributed by atoms with E-state index in [1.54, 1.807) is 5.48 Å². The number of benzene rings is 1. The molecule has 1 heterocycles. The van der Waals surface area contributed by atoms with E-state index in [1.807, 2.05) is 44.2 Å². The van der Waals surface area contributed by atoms with E-state index in [0.717, 1.165) is 32.1 Å². The molecule has 1 saturated carbocycles. The molecule has 1 saturated heterocycles. The van der Waals surface area contributed by atoms with Crippen LogP contribution < -0.4 is 10.8 Å². The van der Waals surface area contributed by atoms with E-state index in [4.69, 9.17) is 5.21 Å². The summed E-state index contributed by atoms with van der Waals surface area (Å²) in [5, 5.41) is 12.1. The van der Waals surface area contributed by atoms with E-state index < -0.39 is 11.3 Å². The van der Waals surface area contributed by atoms with Gasteiger partial charge in [0.05, 0.1) is 18.0 Å². The fourth-order valence-corrected chi connectivity index (χ4v) is 5.83. The third-order valence-corrected chi connectivity index (χ3v) is 7.03. The van der Waals surface area contributed by atoms with E-state index in [-0.39, 0.29) is 41.2 Å². The van der Waals surface area contributed by atoms with Crippen molar-refractivity contribution >= 4 is 23.4 Å². The number of carbonyl (C=O) groups excluding carboxylic acids is 3.